The number of thiophene rings is 1. The predicted octanol–water partition coefficient (Wildman–Crippen LogP) is 3.66. The Bertz CT molecular complexity index is 730. The Morgan fingerprint density at radius 1 is 1.16 bits per heavy atom. The third-order valence-corrected chi connectivity index (χ3v) is 4.13. The number of hydrogen-bond acceptors (Lipinski definition) is 5. The van der Waals surface area contributed by atoms with Crippen molar-refractivity contribution in [2.24, 2.45) is 0 Å². The summed E-state index contributed by atoms with van der Waals surface area (Å²) >= 11 is 1.52. The van der Waals surface area contributed by atoms with Crippen molar-refractivity contribution in [2.75, 3.05) is 5.73 Å². The largest absolute Gasteiger partial charge is 0.397 e. The third-order valence-electron chi connectivity index (χ3n) is 3.03. The smallest absolute Gasteiger partial charge is 0.270 e. The van der Waals surface area contributed by atoms with E-state index in [9.17, 15) is 0 Å². The first-order chi connectivity index (χ1) is 9.16. The molecule has 0 saturated heterocycles. The van der Waals surface area contributed by atoms with Crippen LogP contribution in [0.4, 0.5) is 5.69 Å². The Hall–Kier alpha value is -2.14. The van der Waals surface area contributed by atoms with Gasteiger partial charge in [0.25, 0.3) is 5.89 Å². The Morgan fingerprint density at radius 3 is 2.63 bits per heavy atom. The van der Waals surface area contributed by atoms with E-state index in [0.29, 0.717) is 17.4 Å². The number of anilines is 1. The van der Waals surface area contributed by atoms with Gasteiger partial charge >= 0.3 is 0 Å². The summed E-state index contributed by atoms with van der Waals surface area (Å²) in [6.07, 6.45) is 0. The molecule has 0 amide bonds. The van der Waals surface area contributed by atoms with Crippen molar-refractivity contribution < 1.29 is 4.52 Å². The average Bonchev–Trinajstić information content (AvgIpc) is 2.99. The van der Waals surface area contributed by atoms with Crippen LogP contribution in [-0.4, -0.2) is 10.1 Å². The molecule has 3 aromatic rings. The number of rotatable bonds is 2. The van der Waals surface area contributed by atoms with E-state index in [-0.39, 0.29) is 0 Å². The van der Waals surface area contributed by atoms with Crippen LogP contribution in [0.3, 0.4) is 0 Å². The molecule has 2 N–H and O–H groups in total. The van der Waals surface area contributed by atoms with E-state index in [0.717, 1.165) is 21.6 Å². The summed E-state index contributed by atoms with van der Waals surface area (Å²) in [5, 5.41) is 6.03. The van der Waals surface area contributed by atoms with Gasteiger partial charge in [0, 0.05) is 5.56 Å². The van der Waals surface area contributed by atoms with Gasteiger partial charge in [0.05, 0.1) is 5.69 Å². The fraction of sp³-hybridized carbons (Fsp3) is 0.143. The third kappa shape index (κ3) is 2.02. The van der Waals surface area contributed by atoms with Crippen molar-refractivity contribution in [3.8, 4) is 22.2 Å². The van der Waals surface area contributed by atoms with Gasteiger partial charge in [-0.15, -0.1) is 11.3 Å². The maximum absolute atomic E-state index is 6.00. The number of nitrogens with two attached hydrogens (primary N) is 1. The molecule has 19 heavy (non-hydrogen) atoms. The monoisotopic (exact) mass is 271 g/mol. The zero-order valence-electron chi connectivity index (χ0n) is 10.7. The molecule has 0 bridgehead atoms. The van der Waals surface area contributed by atoms with Gasteiger partial charge in [-0.1, -0.05) is 29.4 Å². The summed E-state index contributed by atoms with van der Waals surface area (Å²) in [5.41, 5.74) is 9.84. The van der Waals surface area contributed by atoms with Crippen molar-refractivity contribution in [3.63, 3.8) is 0 Å². The Labute approximate surface area is 114 Å². The van der Waals surface area contributed by atoms with Crippen LogP contribution in [0.1, 0.15) is 11.1 Å². The number of nitrogens with zero attached hydrogens (tertiary/aromatic N) is 2. The van der Waals surface area contributed by atoms with E-state index in [1.165, 1.54) is 11.3 Å². The van der Waals surface area contributed by atoms with Crippen LogP contribution in [-0.2, 0) is 0 Å². The second kappa shape index (κ2) is 4.51. The molecule has 4 nitrogen and oxygen atoms in total. The van der Waals surface area contributed by atoms with E-state index in [1.807, 2.05) is 43.5 Å². The fourth-order valence-corrected chi connectivity index (χ4v) is 2.76. The molecule has 2 heterocycles. The minimum atomic E-state index is 0.480. The molecule has 0 atom stereocenters. The molecule has 96 valence electrons. The van der Waals surface area contributed by atoms with E-state index in [2.05, 4.69) is 10.1 Å². The fourth-order valence-electron chi connectivity index (χ4n) is 1.87. The second-order valence-corrected chi connectivity index (χ2v) is 5.28. The zero-order chi connectivity index (χ0) is 13.4. The number of aromatic nitrogens is 2. The molecule has 0 aliphatic carbocycles. The lowest BCUT2D eigenvalue weighted by Crippen LogP contribution is -1.88. The summed E-state index contributed by atoms with van der Waals surface area (Å²) in [4.78, 5) is 5.28. The minimum Gasteiger partial charge on any atom is -0.397 e. The molecule has 5 heteroatoms. The molecular formula is C14H13N3OS. The maximum Gasteiger partial charge on any atom is 0.270 e. The van der Waals surface area contributed by atoms with Gasteiger partial charge < -0.3 is 10.3 Å². The highest BCUT2D eigenvalue weighted by Gasteiger charge is 2.16. The standard InChI is InChI=1S/C14H13N3OS/c1-8-5-3-4-6-10(8)13-16-14(18-17-13)12-11(15)9(2)7-19-12/h3-7H,15H2,1-2H3. The maximum atomic E-state index is 6.00. The summed E-state index contributed by atoms with van der Waals surface area (Å²) in [5.74, 6) is 1.08. The topological polar surface area (TPSA) is 64.9 Å². The molecule has 0 aliphatic rings. The summed E-state index contributed by atoms with van der Waals surface area (Å²) < 4.78 is 5.32. The van der Waals surface area contributed by atoms with Gasteiger partial charge in [-0.2, -0.15) is 4.98 Å². The SMILES string of the molecule is Cc1ccccc1-c1noc(-c2scc(C)c2N)n1. The van der Waals surface area contributed by atoms with Crippen molar-refractivity contribution in [3.05, 3.63) is 40.8 Å². The van der Waals surface area contributed by atoms with Crippen LogP contribution in [0.15, 0.2) is 34.2 Å². The quantitative estimate of drug-likeness (QED) is 0.772. The van der Waals surface area contributed by atoms with Crippen LogP contribution in [0.2, 0.25) is 0 Å². The van der Waals surface area contributed by atoms with Crippen LogP contribution in [0.25, 0.3) is 22.2 Å². The van der Waals surface area contributed by atoms with Gasteiger partial charge in [0.1, 0.15) is 4.88 Å². The first-order valence-corrected chi connectivity index (χ1v) is 6.78. The number of hydrogen-bond donors (Lipinski definition) is 1. The van der Waals surface area contributed by atoms with E-state index in [4.69, 9.17) is 10.3 Å². The first kappa shape index (κ1) is 11.9. The lowest BCUT2D eigenvalue weighted by Gasteiger charge is -1.98. The first-order valence-electron chi connectivity index (χ1n) is 5.90. The molecule has 0 fully saturated rings. The van der Waals surface area contributed by atoms with Crippen molar-refractivity contribution in [2.45, 2.75) is 13.8 Å². The van der Waals surface area contributed by atoms with E-state index < -0.39 is 0 Å². The Balaban J connectivity index is 2.05. The Morgan fingerprint density at radius 2 is 1.95 bits per heavy atom. The van der Waals surface area contributed by atoms with Crippen molar-refractivity contribution >= 4 is 17.0 Å². The predicted molar refractivity (Wildman–Crippen MR) is 76.9 cm³/mol. The molecular weight excluding hydrogens is 258 g/mol. The summed E-state index contributed by atoms with van der Waals surface area (Å²) in [6.45, 7) is 3.99. The van der Waals surface area contributed by atoms with E-state index in [1.54, 1.807) is 0 Å². The Kier molecular flexibility index (Phi) is 2.83. The highest BCUT2D eigenvalue weighted by Crippen LogP contribution is 2.34. The molecule has 0 saturated carbocycles. The number of benzene rings is 1. The molecule has 0 aliphatic heterocycles. The van der Waals surface area contributed by atoms with Gasteiger partial charge in [0.2, 0.25) is 5.82 Å². The minimum absolute atomic E-state index is 0.480. The molecule has 0 radical (unpaired) electrons. The number of aryl methyl sites for hydroxylation is 2. The average molecular weight is 271 g/mol. The lowest BCUT2D eigenvalue weighted by molar-refractivity contribution is 0.433. The van der Waals surface area contributed by atoms with Crippen LogP contribution in [0, 0.1) is 13.8 Å². The van der Waals surface area contributed by atoms with Gasteiger partial charge in [-0.05, 0) is 30.4 Å². The van der Waals surface area contributed by atoms with Crippen molar-refractivity contribution in [1.82, 2.24) is 10.1 Å². The molecule has 3 rings (SSSR count). The molecule has 2 aromatic heterocycles. The highest BCUT2D eigenvalue weighted by molar-refractivity contribution is 7.14. The zero-order valence-corrected chi connectivity index (χ0v) is 11.5. The van der Waals surface area contributed by atoms with Gasteiger partial charge in [-0.25, -0.2) is 0 Å². The number of nitrogen functional groups attached to an aromatic ring is 1. The van der Waals surface area contributed by atoms with Crippen LogP contribution < -0.4 is 5.73 Å². The summed E-state index contributed by atoms with van der Waals surface area (Å²) in [6, 6.07) is 7.95. The van der Waals surface area contributed by atoms with Crippen LogP contribution in [0.5, 0.6) is 0 Å². The normalized spacial score (nSPS) is 10.8. The highest BCUT2D eigenvalue weighted by atomic mass is 32.1. The molecule has 1 aromatic carbocycles. The summed E-state index contributed by atoms with van der Waals surface area (Å²) in [7, 11) is 0. The second-order valence-electron chi connectivity index (χ2n) is 4.40. The van der Waals surface area contributed by atoms with Gasteiger partial charge in [-0.3, -0.25) is 0 Å². The van der Waals surface area contributed by atoms with Crippen molar-refractivity contribution in [1.29, 1.82) is 0 Å². The van der Waals surface area contributed by atoms with Gasteiger partial charge in [0.15, 0.2) is 0 Å². The lowest BCUT2D eigenvalue weighted by atomic mass is 10.1. The van der Waals surface area contributed by atoms with E-state index >= 15 is 0 Å². The van der Waals surface area contributed by atoms with Crippen LogP contribution >= 0.6 is 11.3 Å². The molecule has 0 unspecified atom stereocenters. The molecule has 0 spiro atoms.